The first-order chi connectivity index (χ1) is 17.7. The fourth-order valence-corrected chi connectivity index (χ4v) is 7.93. The molecule has 2 atom stereocenters. The molecule has 2 aliphatic rings. The number of rotatable bonds is 6. The van der Waals surface area contributed by atoms with Gasteiger partial charge in [-0.15, -0.1) is 5.10 Å². The van der Waals surface area contributed by atoms with E-state index in [1.807, 2.05) is 6.07 Å². The smallest absolute Gasteiger partial charge is 0.392 e. The number of aromatic nitrogens is 2. The van der Waals surface area contributed by atoms with Gasteiger partial charge in [-0.2, -0.15) is 9.57 Å². The molecule has 1 N–H and O–H groups in total. The number of hydrogen-bond acceptors (Lipinski definition) is 6. The molecule has 2 aromatic carbocycles. The van der Waals surface area contributed by atoms with Gasteiger partial charge < -0.3 is 4.42 Å². The van der Waals surface area contributed by atoms with Gasteiger partial charge in [0.2, 0.25) is 15.9 Å². The van der Waals surface area contributed by atoms with E-state index in [4.69, 9.17) is 9.68 Å². The van der Waals surface area contributed by atoms with E-state index < -0.39 is 38.1 Å². The summed E-state index contributed by atoms with van der Waals surface area (Å²) in [4.78, 5) is 11.6. The molecule has 0 amide bonds. The topological polar surface area (TPSA) is 120 Å². The van der Waals surface area contributed by atoms with Gasteiger partial charge >= 0.3 is 5.76 Å². The maximum atomic E-state index is 15.6. The summed E-state index contributed by atoms with van der Waals surface area (Å²) in [6, 6.07) is 12.6. The van der Waals surface area contributed by atoms with Crippen molar-refractivity contribution in [2.75, 3.05) is 0 Å². The van der Waals surface area contributed by atoms with E-state index in [0.29, 0.717) is 18.4 Å². The average molecular weight is 529 g/mol. The molecule has 0 spiro atoms. The summed E-state index contributed by atoms with van der Waals surface area (Å²) in [5.41, 5.74) is -0.639. The van der Waals surface area contributed by atoms with Gasteiger partial charge in [-0.05, 0) is 56.2 Å². The largest absolute Gasteiger partial charge is 0.434 e. The second-order valence-electron chi connectivity index (χ2n) is 9.98. The molecule has 1 aromatic heterocycles. The first-order valence-electron chi connectivity index (χ1n) is 12.1. The zero-order chi connectivity index (χ0) is 26.4. The normalized spacial score (nSPS) is 27.4. The SMILES string of the molecule is CC1CCC(c2ccccc2)S(=O)(=O)N1Cc1cc(F)c(C2(c3n[nH]c(=O)o3)CC(CC#N)C2)cc1F. The van der Waals surface area contributed by atoms with Crippen molar-refractivity contribution in [2.45, 2.75) is 62.3 Å². The Hall–Kier alpha value is -3.36. The van der Waals surface area contributed by atoms with Crippen LogP contribution >= 0.6 is 0 Å². The zero-order valence-electron chi connectivity index (χ0n) is 20.2. The maximum absolute atomic E-state index is 15.6. The van der Waals surface area contributed by atoms with Gasteiger partial charge in [0.05, 0.1) is 11.5 Å². The molecule has 194 valence electrons. The van der Waals surface area contributed by atoms with Gasteiger partial charge in [0.25, 0.3) is 0 Å². The third-order valence-corrected chi connectivity index (χ3v) is 10.0. The molecule has 0 bridgehead atoms. The summed E-state index contributed by atoms with van der Waals surface area (Å²) in [6.07, 6.45) is 1.79. The van der Waals surface area contributed by atoms with E-state index in [1.165, 1.54) is 4.31 Å². The average Bonchev–Trinajstić information content (AvgIpc) is 3.27. The van der Waals surface area contributed by atoms with E-state index in [0.717, 1.165) is 12.1 Å². The van der Waals surface area contributed by atoms with E-state index in [2.05, 4.69) is 16.3 Å². The number of nitrogens with zero attached hydrogens (tertiary/aromatic N) is 3. The van der Waals surface area contributed by atoms with Crippen molar-refractivity contribution in [3.8, 4) is 6.07 Å². The summed E-state index contributed by atoms with van der Waals surface area (Å²) >= 11 is 0. The lowest BCUT2D eigenvalue weighted by Crippen LogP contribution is -2.45. The van der Waals surface area contributed by atoms with Crippen molar-refractivity contribution in [3.05, 3.63) is 87.2 Å². The summed E-state index contributed by atoms with van der Waals surface area (Å²) in [6.45, 7) is 1.46. The van der Waals surface area contributed by atoms with Crippen molar-refractivity contribution in [1.29, 1.82) is 5.26 Å². The number of nitriles is 1. The lowest BCUT2D eigenvalue weighted by molar-refractivity contribution is 0.144. The van der Waals surface area contributed by atoms with Crippen molar-refractivity contribution >= 4 is 10.0 Å². The zero-order valence-corrected chi connectivity index (χ0v) is 21.0. The van der Waals surface area contributed by atoms with Gasteiger partial charge in [0, 0.05) is 30.1 Å². The van der Waals surface area contributed by atoms with Crippen LogP contribution in [0.4, 0.5) is 8.78 Å². The summed E-state index contributed by atoms with van der Waals surface area (Å²) in [7, 11) is -3.83. The Labute approximate surface area is 213 Å². The number of nitrogens with one attached hydrogen (secondary N) is 1. The fraction of sp³-hybridized carbons (Fsp3) is 0.423. The van der Waals surface area contributed by atoms with Crippen LogP contribution in [0, 0.1) is 28.9 Å². The Kier molecular flexibility index (Phi) is 6.50. The summed E-state index contributed by atoms with van der Waals surface area (Å²) in [5, 5.41) is 14.3. The number of H-pyrrole nitrogens is 1. The molecule has 11 heteroatoms. The molecule has 5 rings (SSSR count). The summed E-state index contributed by atoms with van der Waals surface area (Å²) < 4.78 is 64.5. The quantitative estimate of drug-likeness (QED) is 0.509. The van der Waals surface area contributed by atoms with Crippen LogP contribution in [0.5, 0.6) is 0 Å². The minimum Gasteiger partial charge on any atom is -0.392 e. The standard InChI is InChI=1S/C26H26F2N4O4S/c1-16-7-8-23(18-5-3-2-4-6-18)37(34,35)32(16)15-19-11-22(28)20(12-21(19)27)26(13-17(14-26)9-10-29)24-30-31-25(33)36-24/h2-6,11-12,16-17,23H,7-9,13-15H2,1H3,(H,31,33). The van der Waals surface area contributed by atoms with Crippen LogP contribution in [0.2, 0.25) is 0 Å². The van der Waals surface area contributed by atoms with Crippen LogP contribution in [-0.4, -0.2) is 29.0 Å². The van der Waals surface area contributed by atoms with Crippen molar-refractivity contribution in [3.63, 3.8) is 0 Å². The predicted octanol–water partition coefficient (Wildman–Crippen LogP) is 4.31. The molecule has 2 heterocycles. The third-order valence-electron chi connectivity index (χ3n) is 7.68. The number of sulfonamides is 1. The van der Waals surface area contributed by atoms with Gasteiger partial charge in [0.1, 0.15) is 16.9 Å². The molecule has 1 saturated carbocycles. The van der Waals surface area contributed by atoms with Crippen LogP contribution < -0.4 is 5.76 Å². The first kappa shape index (κ1) is 25.3. The predicted molar refractivity (Wildman–Crippen MR) is 130 cm³/mol. The third kappa shape index (κ3) is 4.38. The van der Waals surface area contributed by atoms with Crippen LogP contribution in [0.15, 0.2) is 51.7 Å². The van der Waals surface area contributed by atoms with E-state index in [9.17, 15) is 13.2 Å². The van der Waals surface area contributed by atoms with Crippen LogP contribution in [0.1, 0.15) is 66.9 Å². The molecule has 8 nitrogen and oxygen atoms in total. The Morgan fingerprint density at radius 3 is 2.57 bits per heavy atom. The Morgan fingerprint density at radius 2 is 1.92 bits per heavy atom. The fourth-order valence-electron chi connectivity index (χ4n) is 5.74. The lowest BCUT2D eigenvalue weighted by atomic mass is 9.57. The highest BCUT2D eigenvalue weighted by molar-refractivity contribution is 7.89. The van der Waals surface area contributed by atoms with Crippen LogP contribution in [-0.2, 0) is 22.0 Å². The van der Waals surface area contributed by atoms with E-state index in [-0.39, 0.29) is 54.8 Å². The van der Waals surface area contributed by atoms with Crippen LogP contribution in [0.3, 0.4) is 0 Å². The second-order valence-corrected chi connectivity index (χ2v) is 12.0. The second kappa shape index (κ2) is 9.50. The highest BCUT2D eigenvalue weighted by Crippen LogP contribution is 2.53. The highest BCUT2D eigenvalue weighted by Gasteiger charge is 2.52. The maximum Gasteiger partial charge on any atom is 0.434 e. The molecule has 1 aliphatic heterocycles. The van der Waals surface area contributed by atoms with Gasteiger partial charge in [0.15, 0.2) is 0 Å². The first-order valence-corrected chi connectivity index (χ1v) is 13.6. The molecular weight excluding hydrogens is 502 g/mol. The molecule has 3 aromatic rings. The molecular formula is C26H26F2N4O4S. The number of hydrogen-bond donors (Lipinski definition) is 1. The molecule has 1 saturated heterocycles. The Bertz CT molecular complexity index is 1510. The van der Waals surface area contributed by atoms with E-state index >= 15 is 8.78 Å². The Balaban J connectivity index is 1.48. The van der Waals surface area contributed by atoms with Crippen molar-refractivity contribution in [2.24, 2.45) is 5.92 Å². The summed E-state index contributed by atoms with van der Waals surface area (Å²) in [5.74, 6) is -2.47. The van der Waals surface area contributed by atoms with Gasteiger partial charge in [-0.3, -0.25) is 0 Å². The molecule has 2 unspecified atom stereocenters. The number of halogens is 2. The minimum atomic E-state index is -3.83. The van der Waals surface area contributed by atoms with E-state index in [1.54, 1.807) is 31.2 Å². The van der Waals surface area contributed by atoms with Crippen molar-refractivity contribution in [1.82, 2.24) is 14.5 Å². The van der Waals surface area contributed by atoms with Crippen LogP contribution in [0.25, 0.3) is 0 Å². The number of benzene rings is 2. The minimum absolute atomic E-state index is 0.0325. The Morgan fingerprint density at radius 1 is 1.19 bits per heavy atom. The molecule has 1 aliphatic carbocycles. The molecule has 37 heavy (non-hydrogen) atoms. The van der Waals surface area contributed by atoms with Gasteiger partial charge in [-0.1, -0.05) is 30.3 Å². The monoisotopic (exact) mass is 528 g/mol. The molecule has 0 radical (unpaired) electrons. The highest BCUT2D eigenvalue weighted by atomic mass is 32.2. The van der Waals surface area contributed by atoms with Crippen molar-refractivity contribution < 1.29 is 21.6 Å². The van der Waals surface area contributed by atoms with Gasteiger partial charge in [-0.25, -0.2) is 27.1 Å². The number of aromatic amines is 1. The lowest BCUT2D eigenvalue weighted by Gasteiger charge is -2.45. The molecule has 2 fully saturated rings.